The summed E-state index contributed by atoms with van der Waals surface area (Å²) in [5.74, 6) is -0.977. The number of para-hydroxylation sites is 1. The van der Waals surface area contributed by atoms with E-state index in [9.17, 15) is 9.59 Å². The van der Waals surface area contributed by atoms with E-state index in [1.807, 2.05) is 0 Å². The average Bonchev–Trinajstić information content (AvgIpc) is 2.42. The third-order valence-electron chi connectivity index (χ3n) is 2.70. The monoisotopic (exact) mass is 289 g/mol. The van der Waals surface area contributed by atoms with Crippen LogP contribution >= 0.6 is 11.6 Å². The van der Waals surface area contributed by atoms with E-state index in [1.165, 1.54) is 6.07 Å². The van der Waals surface area contributed by atoms with Crippen LogP contribution in [0.5, 0.6) is 0 Å². The molecule has 0 unspecified atom stereocenters. The number of halogens is 1. The molecule has 0 fully saturated rings. The van der Waals surface area contributed by atoms with Crippen LogP contribution in [0.4, 0.5) is 11.4 Å². The van der Waals surface area contributed by atoms with Crippen molar-refractivity contribution in [2.75, 3.05) is 11.1 Å². The second kappa shape index (κ2) is 5.63. The first kappa shape index (κ1) is 13.9. The fraction of sp³-hybridized carbons (Fsp3) is 0. The molecular formula is C14H12ClN3O2. The highest BCUT2D eigenvalue weighted by molar-refractivity contribution is 6.34. The van der Waals surface area contributed by atoms with Crippen LogP contribution in [0.2, 0.25) is 5.02 Å². The van der Waals surface area contributed by atoms with Crippen molar-refractivity contribution in [2.24, 2.45) is 5.73 Å². The molecule has 0 radical (unpaired) electrons. The molecule has 0 bridgehead atoms. The lowest BCUT2D eigenvalue weighted by molar-refractivity contribution is 0.0996. The Morgan fingerprint density at radius 3 is 2.50 bits per heavy atom. The molecule has 0 saturated carbocycles. The molecule has 2 rings (SSSR count). The summed E-state index contributed by atoms with van der Waals surface area (Å²) in [5.41, 5.74) is 12.2. The van der Waals surface area contributed by atoms with Crippen molar-refractivity contribution >= 4 is 34.8 Å². The topological polar surface area (TPSA) is 98.2 Å². The molecule has 2 aromatic rings. The number of anilines is 2. The van der Waals surface area contributed by atoms with Crippen molar-refractivity contribution in [1.29, 1.82) is 0 Å². The third kappa shape index (κ3) is 2.89. The zero-order valence-electron chi connectivity index (χ0n) is 10.4. The molecule has 6 heteroatoms. The van der Waals surface area contributed by atoms with Gasteiger partial charge in [-0.25, -0.2) is 0 Å². The Balaban J connectivity index is 2.26. The molecule has 0 saturated heterocycles. The highest BCUT2D eigenvalue weighted by Crippen LogP contribution is 2.23. The molecule has 0 aromatic heterocycles. The highest BCUT2D eigenvalue weighted by atomic mass is 35.5. The minimum Gasteiger partial charge on any atom is -0.397 e. The van der Waals surface area contributed by atoms with E-state index in [0.29, 0.717) is 16.3 Å². The summed E-state index contributed by atoms with van der Waals surface area (Å²) in [7, 11) is 0. The Morgan fingerprint density at radius 1 is 1.10 bits per heavy atom. The predicted molar refractivity (Wildman–Crippen MR) is 78.8 cm³/mol. The Kier molecular flexibility index (Phi) is 3.91. The first-order valence-corrected chi connectivity index (χ1v) is 6.12. The van der Waals surface area contributed by atoms with E-state index in [1.54, 1.807) is 36.4 Å². The van der Waals surface area contributed by atoms with Crippen LogP contribution in [0.25, 0.3) is 0 Å². The summed E-state index contributed by atoms with van der Waals surface area (Å²) < 4.78 is 0. The molecule has 102 valence electrons. The lowest BCUT2D eigenvalue weighted by atomic mass is 10.1. The third-order valence-corrected chi connectivity index (χ3v) is 3.03. The van der Waals surface area contributed by atoms with Gasteiger partial charge in [-0.3, -0.25) is 9.59 Å². The summed E-state index contributed by atoms with van der Waals surface area (Å²) in [6.45, 7) is 0. The van der Waals surface area contributed by atoms with Crippen molar-refractivity contribution in [2.45, 2.75) is 0 Å². The van der Waals surface area contributed by atoms with Gasteiger partial charge < -0.3 is 16.8 Å². The molecule has 0 atom stereocenters. The Labute approximate surface area is 120 Å². The van der Waals surface area contributed by atoms with Gasteiger partial charge in [-0.15, -0.1) is 0 Å². The molecule has 2 amide bonds. The second-order valence-electron chi connectivity index (χ2n) is 4.10. The van der Waals surface area contributed by atoms with Gasteiger partial charge in [-0.1, -0.05) is 23.7 Å². The molecule has 20 heavy (non-hydrogen) atoms. The van der Waals surface area contributed by atoms with Crippen LogP contribution in [0.3, 0.4) is 0 Å². The number of nitrogen functional groups attached to an aromatic ring is 1. The number of hydrogen-bond acceptors (Lipinski definition) is 3. The number of hydrogen-bond donors (Lipinski definition) is 3. The van der Waals surface area contributed by atoms with Gasteiger partial charge in [-0.05, 0) is 30.3 Å². The summed E-state index contributed by atoms with van der Waals surface area (Å²) in [6.07, 6.45) is 0. The highest BCUT2D eigenvalue weighted by Gasteiger charge is 2.12. The van der Waals surface area contributed by atoms with E-state index in [-0.39, 0.29) is 11.3 Å². The number of carbonyl (C=O) groups is 2. The largest absolute Gasteiger partial charge is 0.397 e. The van der Waals surface area contributed by atoms with Gasteiger partial charge in [0, 0.05) is 11.3 Å². The quantitative estimate of drug-likeness (QED) is 0.756. The normalized spacial score (nSPS) is 10.1. The summed E-state index contributed by atoms with van der Waals surface area (Å²) >= 11 is 5.86. The van der Waals surface area contributed by atoms with Gasteiger partial charge in [-0.2, -0.15) is 0 Å². The Bertz CT molecular complexity index is 686. The van der Waals surface area contributed by atoms with Gasteiger partial charge in [0.25, 0.3) is 5.91 Å². The molecule has 0 aliphatic carbocycles. The maximum atomic E-state index is 12.1. The van der Waals surface area contributed by atoms with Crippen molar-refractivity contribution < 1.29 is 9.59 Å². The number of rotatable bonds is 3. The van der Waals surface area contributed by atoms with Gasteiger partial charge in [0.1, 0.15) is 0 Å². The van der Waals surface area contributed by atoms with E-state index in [0.717, 1.165) is 0 Å². The van der Waals surface area contributed by atoms with Crippen LogP contribution < -0.4 is 16.8 Å². The van der Waals surface area contributed by atoms with E-state index < -0.39 is 11.8 Å². The number of benzene rings is 2. The maximum Gasteiger partial charge on any atom is 0.257 e. The molecule has 0 aliphatic heterocycles. The van der Waals surface area contributed by atoms with Gasteiger partial charge >= 0.3 is 0 Å². The Morgan fingerprint density at radius 2 is 1.80 bits per heavy atom. The number of amides is 2. The fourth-order valence-corrected chi connectivity index (χ4v) is 1.86. The fourth-order valence-electron chi connectivity index (χ4n) is 1.68. The smallest absolute Gasteiger partial charge is 0.257 e. The summed E-state index contributed by atoms with van der Waals surface area (Å²) in [4.78, 5) is 23.2. The van der Waals surface area contributed by atoms with Crippen molar-refractivity contribution in [3.05, 3.63) is 58.6 Å². The minimum atomic E-state index is -0.566. The molecule has 5 N–H and O–H groups in total. The van der Waals surface area contributed by atoms with Crippen LogP contribution in [0, 0.1) is 0 Å². The number of primary amides is 1. The van der Waals surface area contributed by atoms with Crippen molar-refractivity contribution in [1.82, 2.24) is 0 Å². The molecule has 0 aliphatic rings. The molecule has 2 aromatic carbocycles. The zero-order valence-corrected chi connectivity index (χ0v) is 11.1. The van der Waals surface area contributed by atoms with Crippen molar-refractivity contribution in [3.63, 3.8) is 0 Å². The van der Waals surface area contributed by atoms with E-state index in [2.05, 4.69) is 5.32 Å². The first-order chi connectivity index (χ1) is 9.49. The standard InChI is InChI=1S/C14H12ClN3O2/c15-11-6-2-5-10(12(11)16)14(20)18-9-4-1-3-8(7-9)13(17)19/h1-7H,16H2,(H2,17,19)(H,18,20). The van der Waals surface area contributed by atoms with Crippen LogP contribution in [-0.4, -0.2) is 11.8 Å². The summed E-state index contributed by atoms with van der Waals surface area (Å²) in [6, 6.07) is 11.1. The minimum absolute atomic E-state index is 0.206. The van der Waals surface area contributed by atoms with E-state index >= 15 is 0 Å². The first-order valence-electron chi connectivity index (χ1n) is 5.74. The van der Waals surface area contributed by atoms with Gasteiger partial charge in [0.2, 0.25) is 5.91 Å². The zero-order chi connectivity index (χ0) is 14.7. The number of nitrogens with one attached hydrogen (secondary N) is 1. The van der Waals surface area contributed by atoms with Gasteiger partial charge in [0.05, 0.1) is 16.3 Å². The molecule has 5 nitrogen and oxygen atoms in total. The molecule has 0 spiro atoms. The van der Waals surface area contributed by atoms with Crippen LogP contribution in [0.15, 0.2) is 42.5 Å². The van der Waals surface area contributed by atoms with Crippen molar-refractivity contribution in [3.8, 4) is 0 Å². The summed E-state index contributed by atoms with van der Waals surface area (Å²) in [5, 5.41) is 2.95. The average molecular weight is 290 g/mol. The lowest BCUT2D eigenvalue weighted by Gasteiger charge is -2.09. The van der Waals surface area contributed by atoms with Crippen LogP contribution in [0.1, 0.15) is 20.7 Å². The molecular weight excluding hydrogens is 278 g/mol. The SMILES string of the molecule is NC(=O)c1cccc(NC(=O)c2cccc(Cl)c2N)c1. The van der Waals surface area contributed by atoms with Gasteiger partial charge in [0.15, 0.2) is 0 Å². The lowest BCUT2D eigenvalue weighted by Crippen LogP contribution is -2.15. The van der Waals surface area contributed by atoms with Crippen LogP contribution in [-0.2, 0) is 0 Å². The number of nitrogens with two attached hydrogens (primary N) is 2. The number of carbonyl (C=O) groups excluding carboxylic acids is 2. The van der Waals surface area contributed by atoms with E-state index in [4.69, 9.17) is 23.1 Å². The second-order valence-corrected chi connectivity index (χ2v) is 4.51. The molecule has 0 heterocycles. The predicted octanol–water partition coefficient (Wildman–Crippen LogP) is 2.27. The Hall–Kier alpha value is -2.53. The maximum absolute atomic E-state index is 12.1.